The summed E-state index contributed by atoms with van der Waals surface area (Å²) in [5, 5.41) is 5.70. The average molecular weight is 217 g/mol. The minimum absolute atomic E-state index is 0.00542. The Bertz CT molecular complexity index is 465. The van der Waals surface area contributed by atoms with Crippen LogP contribution in [0, 0.1) is 13.8 Å². The zero-order chi connectivity index (χ0) is 11.7. The highest BCUT2D eigenvalue weighted by atomic mass is 16.2. The van der Waals surface area contributed by atoms with Gasteiger partial charge in [-0.15, -0.1) is 0 Å². The largest absolute Gasteiger partial charge is 0.325 e. The molecule has 4 nitrogen and oxygen atoms in total. The summed E-state index contributed by atoms with van der Waals surface area (Å²) in [4.78, 5) is 11.8. The van der Waals surface area contributed by atoms with Gasteiger partial charge in [0.25, 0.3) is 5.91 Å². The van der Waals surface area contributed by atoms with Gasteiger partial charge in [-0.3, -0.25) is 4.79 Å². The van der Waals surface area contributed by atoms with E-state index in [-0.39, 0.29) is 5.91 Å². The summed E-state index contributed by atoms with van der Waals surface area (Å²) in [6.45, 7) is 4.31. The minimum atomic E-state index is -0.00542. The Morgan fingerprint density at radius 1 is 1.44 bits per heavy atom. The van der Waals surface area contributed by atoms with Crippen LogP contribution in [0.2, 0.25) is 0 Å². The molecule has 0 aromatic heterocycles. The van der Waals surface area contributed by atoms with Gasteiger partial charge in [0.1, 0.15) is 0 Å². The van der Waals surface area contributed by atoms with E-state index in [0.717, 1.165) is 22.5 Å². The lowest BCUT2D eigenvalue weighted by Gasteiger charge is -2.15. The lowest BCUT2D eigenvalue weighted by Crippen LogP contribution is -2.20. The van der Waals surface area contributed by atoms with E-state index in [9.17, 15) is 4.79 Å². The summed E-state index contributed by atoms with van der Waals surface area (Å²) in [6.07, 6.45) is 0.337. The fraction of sp³-hybridized carbons (Fsp3) is 0.333. The maximum atomic E-state index is 11.8. The van der Waals surface area contributed by atoms with Gasteiger partial charge < -0.3 is 5.73 Å². The van der Waals surface area contributed by atoms with Crippen molar-refractivity contribution in [1.82, 2.24) is 0 Å². The third kappa shape index (κ3) is 1.84. The standard InChI is InChI=1S/C12H15N3O/c1-8-3-4-9(2)11(5-8)15-12(16)6-10(7-13)14-15/h3-5H,6-7,13H2,1-2H3. The maximum absolute atomic E-state index is 11.8. The van der Waals surface area contributed by atoms with Crippen molar-refractivity contribution in [3.05, 3.63) is 29.3 Å². The Morgan fingerprint density at radius 3 is 2.81 bits per heavy atom. The molecule has 1 aliphatic heterocycles. The van der Waals surface area contributed by atoms with E-state index in [1.807, 2.05) is 32.0 Å². The van der Waals surface area contributed by atoms with Crippen molar-refractivity contribution in [2.24, 2.45) is 10.8 Å². The molecule has 84 valence electrons. The van der Waals surface area contributed by atoms with Crippen molar-refractivity contribution < 1.29 is 4.79 Å². The molecule has 0 saturated heterocycles. The molecule has 1 aliphatic rings. The number of nitrogens with two attached hydrogens (primary N) is 1. The molecule has 2 rings (SSSR count). The van der Waals surface area contributed by atoms with Gasteiger partial charge in [-0.1, -0.05) is 12.1 Å². The number of benzene rings is 1. The Hall–Kier alpha value is -1.68. The van der Waals surface area contributed by atoms with Crippen LogP contribution in [0.5, 0.6) is 0 Å². The second kappa shape index (κ2) is 4.06. The van der Waals surface area contributed by atoms with Gasteiger partial charge in [0.05, 0.1) is 17.8 Å². The molecular weight excluding hydrogens is 202 g/mol. The van der Waals surface area contributed by atoms with Crippen LogP contribution in [0.3, 0.4) is 0 Å². The molecule has 0 aliphatic carbocycles. The van der Waals surface area contributed by atoms with Crippen molar-refractivity contribution in [3.63, 3.8) is 0 Å². The van der Waals surface area contributed by atoms with Gasteiger partial charge in [-0.2, -0.15) is 5.10 Å². The first-order valence-electron chi connectivity index (χ1n) is 5.28. The molecule has 0 atom stereocenters. The average Bonchev–Trinajstić information content (AvgIpc) is 2.63. The first-order valence-corrected chi connectivity index (χ1v) is 5.28. The van der Waals surface area contributed by atoms with Crippen molar-refractivity contribution in [3.8, 4) is 0 Å². The topological polar surface area (TPSA) is 58.7 Å². The zero-order valence-corrected chi connectivity index (χ0v) is 9.53. The van der Waals surface area contributed by atoms with Crippen LogP contribution in [-0.4, -0.2) is 18.2 Å². The number of aryl methyl sites for hydroxylation is 2. The number of hydrogen-bond acceptors (Lipinski definition) is 3. The minimum Gasteiger partial charge on any atom is -0.325 e. The van der Waals surface area contributed by atoms with Crippen LogP contribution in [-0.2, 0) is 4.79 Å². The van der Waals surface area contributed by atoms with Gasteiger partial charge in [0, 0.05) is 6.54 Å². The summed E-state index contributed by atoms with van der Waals surface area (Å²) >= 11 is 0. The monoisotopic (exact) mass is 217 g/mol. The molecule has 16 heavy (non-hydrogen) atoms. The third-order valence-electron chi connectivity index (χ3n) is 2.66. The van der Waals surface area contributed by atoms with Crippen molar-refractivity contribution >= 4 is 17.3 Å². The normalized spacial score (nSPS) is 15.6. The van der Waals surface area contributed by atoms with E-state index in [4.69, 9.17) is 5.73 Å². The number of carbonyl (C=O) groups excluding carboxylic acids is 1. The quantitative estimate of drug-likeness (QED) is 0.813. The van der Waals surface area contributed by atoms with E-state index in [1.165, 1.54) is 5.01 Å². The Morgan fingerprint density at radius 2 is 2.19 bits per heavy atom. The molecule has 0 bridgehead atoms. The van der Waals surface area contributed by atoms with Gasteiger partial charge in [0.2, 0.25) is 0 Å². The predicted octanol–water partition coefficient (Wildman–Crippen LogP) is 1.35. The number of nitrogens with zero attached hydrogens (tertiary/aromatic N) is 2. The first-order chi connectivity index (χ1) is 7.61. The Balaban J connectivity index is 2.41. The Labute approximate surface area is 94.7 Å². The van der Waals surface area contributed by atoms with E-state index >= 15 is 0 Å². The number of anilines is 1. The number of amides is 1. The Kier molecular flexibility index (Phi) is 2.75. The summed E-state index contributed by atoms with van der Waals surface area (Å²) in [5.74, 6) is -0.00542. The summed E-state index contributed by atoms with van der Waals surface area (Å²) in [7, 11) is 0. The van der Waals surface area contributed by atoms with Crippen LogP contribution in [0.1, 0.15) is 17.5 Å². The van der Waals surface area contributed by atoms with Gasteiger partial charge in [-0.05, 0) is 31.0 Å². The summed E-state index contributed by atoms with van der Waals surface area (Å²) < 4.78 is 0. The summed E-state index contributed by atoms with van der Waals surface area (Å²) in [5.41, 5.74) is 9.25. The smallest absolute Gasteiger partial charge is 0.253 e. The van der Waals surface area contributed by atoms with Gasteiger partial charge in [-0.25, -0.2) is 5.01 Å². The molecule has 0 spiro atoms. The highest BCUT2D eigenvalue weighted by Gasteiger charge is 2.25. The van der Waals surface area contributed by atoms with Gasteiger partial charge in [0.15, 0.2) is 0 Å². The molecule has 1 aromatic rings. The molecule has 0 radical (unpaired) electrons. The van der Waals surface area contributed by atoms with E-state index in [2.05, 4.69) is 5.10 Å². The lowest BCUT2D eigenvalue weighted by molar-refractivity contribution is -0.116. The van der Waals surface area contributed by atoms with E-state index < -0.39 is 0 Å². The SMILES string of the molecule is Cc1ccc(C)c(N2N=C(CN)CC2=O)c1. The van der Waals surface area contributed by atoms with E-state index in [1.54, 1.807) is 0 Å². The highest BCUT2D eigenvalue weighted by Crippen LogP contribution is 2.25. The van der Waals surface area contributed by atoms with Crippen LogP contribution in [0.4, 0.5) is 5.69 Å². The molecule has 1 aromatic carbocycles. The third-order valence-corrected chi connectivity index (χ3v) is 2.66. The van der Waals surface area contributed by atoms with Crippen LogP contribution in [0.25, 0.3) is 0 Å². The molecular formula is C12H15N3O. The number of hydrogen-bond donors (Lipinski definition) is 1. The molecule has 2 N–H and O–H groups in total. The second-order valence-electron chi connectivity index (χ2n) is 4.04. The highest BCUT2D eigenvalue weighted by molar-refractivity contribution is 6.13. The number of hydrazone groups is 1. The number of carbonyl (C=O) groups is 1. The van der Waals surface area contributed by atoms with Gasteiger partial charge >= 0.3 is 0 Å². The molecule has 4 heteroatoms. The van der Waals surface area contributed by atoms with Crippen LogP contribution >= 0.6 is 0 Å². The van der Waals surface area contributed by atoms with Crippen molar-refractivity contribution in [2.45, 2.75) is 20.3 Å². The fourth-order valence-electron chi connectivity index (χ4n) is 1.73. The molecule has 0 fully saturated rings. The second-order valence-corrected chi connectivity index (χ2v) is 4.04. The summed E-state index contributed by atoms with van der Waals surface area (Å²) in [6, 6.07) is 5.98. The van der Waals surface area contributed by atoms with Crippen LogP contribution in [0.15, 0.2) is 23.3 Å². The fourth-order valence-corrected chi connectivity index (χ4v) is 1.73. The number of rotatable bonds is 2. The zero-order valence-electron chi connectivity index (χ0n) is 9.53. The molecule has 1 heterocycles. The van der Waals surface area contributed by atoms with Crippen LogP contribution < -0.4 is 10.7 Å². The molecule has 0 unspecified atom stereocenters. The first kappa shape index (κ1) is 10.8. The predicted molar refractivity (Wildman–Crippen MR) is 64.5 cm³/mol. The molecule has 1 amide bonds. The van der Waals surface area contributed by atoms with Crippen molar-refractivity contribution in [1.29, 1.82) is 0 Å². The van der Waals surface area contributed by atoms with E-state index in [0.29, 0.717) is 13.0 Å². The molecule has 0 saturated carbocycles. The maximum Gasteiger partial charge on any atom is 0.253 e. The lowest BCUT2D eigenvalue weighted by atomic mass is 10.1. The van der Waals surface area contributed by atoms with Crippen molar-refractivity contribution in [2.75, 3.05) is 11.6 Å².